The van der Waals surface area contributed by atoms with Gasteiger partial charge < -0.3 is 14.6 Å². The lowest BCUT2D eigenvalue weighted by Crippen LogP contribution is -2.07. The lowest BCUT2D eigenvalue weighted by atomic mass is 10.7. The zero-order valence-electron chi connectivity index (χ0n) is 6.13. The van der Waals surface area contributed by atoms with Crippen molar-refractivity contribution >= 4 is 0 Å². The molecule has 56 valence electrons. The van der Waals surface area contributed by atoms with Crippen molar-refractivity contribution in [3.8, 4) is 0 Å². The topological polar surface area (TPSA) is 38.7 Å². The highest BCUT2D eigenvalue weighted by molar-refractivity contribution is 4.46. The highest BCUT2D eigenvalue weighted by Gasteiger charge is 2.18. The second-order valence-electron chi connectivity index (χ2n) is 1.49. The summed E-state index contributed by atoms with van der Waals surface area (Å²) in [6.45, 7) is 6.05. The number of aliphatic hydroxyl groups is 1. The lowest BCUT2D eigenvalue weighted by Gasteiger charge is -1.97. The van der Waals surface area contributed by atoms with E-state index in [4.69, 9.17) is 14.6 Å². The van der Waals surface area contributed by atoms with Crippen molar-refractivity contribution in [3.05, 3.63) is 0 Å². The van der Waals surface area contributed by atoms with Crippen molar-refractivity contribution < 1.29 is 14.6 Å². The van der Waals surface area contributed by atoms with Crippen LogP contribution in [0.1, 0.15) is 20.8 Å². The van der Waals surface area contributed by atoms with Crippen molar-refractivity contribution in [1.29, 1.82) is 0 Å². The van der Waals surface area contributed by atoms with Crippen LogP contribution in [0.4, 0.5) is 0 Å². The summed E-state index contributed by atoms with van der Waals surface area (Å²) in [5, 5.41) is 8.55. The molecule has 1 aliphatic rings. The van der Waals surface area contributed by atoms with Gasteiger partial charge in [0.25, 0.3) is 0 Å². The van der Waals surface area contributed by atoms with E-state index in [1.165, 1.54) is 0 Å². The fourth-order valence-corrected chi connectivity index (χ4v) is 0.518. The molecular formula is C6H14O3. The monoisotopic (exact) mass is 134 g/mol. The molecule has 1 N–H and O–H groups in total. The molecular weight excluding hydrogens is 120 g/mol. The van der Waals surface area contributed by atoms with Gasteiger partial charge in [0.15, 0.2) is 12.6 Å². The fourth-order valence-electron chi connectivity index (χ4n) is 0.518. The molecule has 3 nitrogen and oxygen atoms in total. The third kappa shape index (κ3) is 3.46. The van der Waals surface area contributed by atoms with Crippen LogP contribution in [-0.4, -0.2) is 24.3 Å². The van der Waals surface area contributed by atoms with E-state index in [1.807, 2.05) is 13.8 Å². The van der Waals surface area contributed by atoms with Gasteiger partial charge in [-0.2, -0.15) is 0 Å². The number of ether oxygens (including phenoxy) is 2. The zero-order chi connectivity index (χ0) is 7.28. The molecule has 0 aromatic rings. The average molecular weight is 134 g/mol. The predicted octanol–water partition coefficient (Wildman–Crippen LogP) is 0.724. The van der Waals surface area contributed by atoms with E-state index < -0.39 is 6.29 Å². The van der Waals surface area contributed by atoms with Gasteiger partial charge in [0.1, 0.15) is 6.61 Å². The van der Waals surface area contributed by atoms with Gasteiger partial charge in [-0.15, -0.1) is 0 Å². The summed E-state index contributed by atoms with van der Waals surface area (Å²) in [5.74, 6) is 0. The summed E-state index contributed by atoms with van der Waals surface area (Å²) in [6, 6.07) is 0. The second kappa shape index (κ2) is 4.73. The Morgan fingerprint density at radius 3 is 2.11 bits per heavy atom. The first kappa shape index (κ1) is 8.88. The van der Waals surface area contributed by atoms with Gasteiger partial charge in [-0.3, -0.25) is 0 Å². The molecule has 1 fully saturated rings. The van der Waals surface area contributed by atoms with Crippen LogP contribution < -0.4 is 0 Å². The van der Waals surface area contributed by atoms with Crippen LogP contribution in [0, 0.1) is 0 Å². The third-order valence-electron chi connectivity index (χ3n) is 0.822. The van der Waals surface area contributed by atoms with Crippen molar-refractivity contribution in [2.24, 2.45) is 0 Å². The molecule has 0 saturated carbocycles. The maximum atomic E-state index is 8.55. The molecule has 0 spiro atoms. The summed E-state index contributed by atoms with van der Waals surface area (Å²) >= 11 is 0. The first-order valence-electron chi connectivity index (χ1n) is 3.24. The van der Waals surface area contributed by atoms with Gasteiger partial charge in [0.2, 0.25) is 0 Å². The molecule has 0 aromatic carbocycles. The van der Waals surface area contributed by atoms with Crippen LogP contribution in [0.3, 0.4) is 0 Å². The van der Waals surface area contributed by atoms with E-state index in [9.17, 15) is 0 Å². The Kier molecular flexibility index (Phi) is 4.67. The molecule has 1 heterocycles. The Morgan fingerprint density at radius 2 is 2.00 bits per heavy atom. The van der Waals surface area contributed by atoms with Crippen LogP contribution in [0.5, 0.6) is 0 Å². The molecule has 2 atom stereocenters. The standard InChI is InChI=1S/C4H8O3.C2H6/c1-3-6-2-4(5)7-3;1-2/h3-5H,2H2,1H3;1-2H3. The molecule has 0 radical (unpaired) electrons. The molecule has 3 heteroatoms. The van der Waals surface area contributed by atoms with Crippen molar-refractivity contribution in [2.45, 2.75) is 33.4 Å². The quantitative estimate of drug-likeness (QED) is 0.530. The highest BCUT2D eigenvalue weighted by atomic mass is 16.8. The van der Waals surface area contributed by atoms with Crippen LogP contribution >= 0.6 is 0 Å². The van der Waals surface area contributed by atoms with E-state index in [-0.39, 0.29) is 6.29 Å². The third-order valence-corrected chi connectivity index (χ3v) is 0.822. The first-order valence-corrected chi connectivity index (χ1v) is 3.24. The summed E-state index contributed by atoms with van der Waals surface area (Å²) in [5.41, 5.74) is 0. The molecule has 1 aliphatic heterocycles. The van der Waals surface area contributed by atoms with Gasteiger partial charge in [0, 0.05) is 0 Å². The van der Waals surface area contributed by atoms with E-state index in [2.05, 4.69) is 0 Å². The van der Waals surface area contributed by atoms with E-state index in [0.717, 1.165) is 0 Å². The Morgan fingerprint density at radius 1 is 1.44 bits per heavy atom. The number of hydrogen-bond donors (Lipinski definition) is 1. The Labute approximate surface area is 55.6 Å². The van der Waals surface area contributed by atoms with Gasteiger partial charge in [-0.1, -0.05) is 13.8 Å². The Hall–Kier alpha value is -0.120. The average Bonchev–Trinajstić information content (AvgIpc) is 2.20. The van der Waals surface area contributed by atoms with Crippen LogP contribution in [-0.2, 0) is 9.47 Å². The van der Waals surface area contributed by atoms with Gasteiger partial charge in [-0.05, 0) is 6.92 Å². The smallest absolute Gasteiger partial charge is 0.181 e. The summed E-state index contributed by atoms with van der Waals surface area (Å²) in [4.78, 5) is 0. The number of hydrogen-bond acceptors (Lipinski definition) is 3. The summed E-state index contributed by atoms with van der Waals surface area (Å²) in [6.07, 6.45) is -0.926. The number of aliphatic hydroxyl groups excluding tert-OH is 1. The van der Waals surface area contributed by atoms with E-state index >= 15 is 0 Å². The minimum atomic E-state index is -0.699. The molecule has 0 amide bonds. The molecule has 1 saturated heterocycles. The van der Waals surface area contributed by atoms with Crippen molar-refractivity contribution in [3.63, 3.8) is 0 Å². The van der Waals surface area contributed by atoms with Crippen molar-refractivity contribution in [1.82, 2.24) is 0 Å². The van der Waals surface area contributed by atoms with Crippen LogP contribution in [0.2, 0.25) is 0 Å². The maximum Gasteiger partial charge on any atom is 0.181 e. The van der Waals surface area contributed by atoms with E-state index in [0.29, 0.717) is 6.61 Å². The summed E-state index contributed by atoms with van der Waals surface area (Å²) in [7, 11) is 0. The molecule has 9 heavy (non-hydrogen) atoms. The first-order chi connectivity index (χ1) is 4.29. The molecule has 1 rings (SSSR count). The molecule has 0 bridgehead atoms. The largest absolute Gasteiger partial charge is 0.366 e. The molecule has 0 aromatic heterocycles. The van der Waals surface area contributed by atoms with Gasteiger partial charge in [0.05, 0.1) is 0 Å². The fraction of sp³-hybridized carbons (Fsp3) is 1.00. The predicted molar refractivity (Wildman–Crippen MR) is 33.9 cm³/mol. The van der Waals surface area contributed by atoms with Crippen LogP contribution in [0.15, 0.2) is 0 Å². The second-order valence-corrected chi connectivity index (χ2v) is 1.49. The molecule has 0 aliphatic carbocycles. The van der Waals surface area contributed by atoms with Gasteiger partial charge in [-0.25, -0.2) is 0 Å². The normalized spacial score (nSPS) is 33.3. The minimum Gasteiger partial charge on any atom is -0.366 e. The lowest BCUT2D eigenvalue weighted by molar-refractivity contribution is -0.104. The van der Waals surface area contributed by atoms with Gasteiger partial charge >= 0.3 is 0 Å². The maximum absolute atomic E-state index is 8.55. The SMILES string of the molecule is CC.CC1OCC(O)O1. The van der Waals surface area contributed by atoms with Crippen molar-refractivity contribution in [2.75, 3.05) is 6.61 Å². The van der Waals surface area contributed by atoms with E-state index in [1.54, 1.807) is 6.92 Å². The molecule has 2 unspecified atom stereocenters. The number of rotatable bonds is 0. The Bertz CT molecular complexity index is 57.3. The highest BCUT2D eigenvalue weighted by Crippen LogP contribution is 2.06. The minimum absolute atomic E-state index is 0.227. The Balaban J connectivity index is 0.000000291. The zero-order valence-corrected chi connectivity index (χ0v) is 6.13. The summed E-state index contributed by atoms with van der Waals surface area (Å²) < 4.78 is 9.49. The van der Waals surface area contributed by atoms with Crippen LogP contribution in [0.25, 0.3) is 0 Å².